The van der Waals surface area contributed by atoms with Crippen LogP contribution >= 0.6 is 0 Å². The molecular formula is C5H8N2O. The van der Waals surface area contributed by atoms with Crippen LogP contribution < -0.4 is 5.84 Å². The van der Waals surface area contributed by atoms with E-state index in [9.17, 15) is 0 Å². The monoisotopic (exact) mass is 112 g/mol. The summed E-state index contributed by atoms with van der Waals surface area (Å²) in [6.07, 6.45) is 4.65. The molecule has 0 spiro atoms. The Morgan fingerprint density at radius 3 is 2.88 bits per heavy atom. The fraction of sp³-hybridized carbons (Fsp3) is 0.400. The third kappa shape index (κ3) is 0.992. The van der Waals surface area contributed by atoms with Crippen LogP contribution in [0, 0.1) is 0 Å². The first-order valence-electron chi connectivity index (χ1n) is 2.48. The van der Waals surface area contributed by atoms with Crippen molar-refractivity contribution < 1.29 is 4.74 Å². The van der Waals surface area contributed by atoms with Crippen LogP contribution in [-0.4, -0.2) is 12.5 Å². The molecule has 1 aliphatic heterocycles. The molecule has 2 N–H and O–H groups in total. The zero-order valence-electron chi connectivity index (χ0n) is 4.50. The average molecular weight is 112 g/mol. The van der Waals surface area contributed by atoms with Gasteiger partial charge in [-0.2, -0.15) is 0 Å². The summed E-state index contributed by atoms with van der Waals surface area (Å²) in [5.41, 5.74) is 0. The lowest BCUT2D eigenvalue weighted by Crippen LogP contribution is -2.09. The van der Waals surface area contributed by atoms with Crippen molar-refractivity contribution in [3.63, 3.8) is 0 Å². The van der Waals surface area contributed by atoms with Gasteiger partial charge in [0.15, 0.2) is 0 Å². The van der Waals surface area contributed by atoms with Gasteiger partial charge in [-0.05, 0) is 0 Å². The van der Waals surface area contributed by atoms with E-state index in [4.69, 9.17) is 10.6 Å². The third-order valence-corrected chi connectivity index (χ3v) is 0.949. The molecule has 0 aromatic heterocycles. The van der Waals surface area contributed by atoms with Crippen LogP contribution in [0.25, 0.3) is 0 Å². The van der Waals surface area contributed by atoms with E-state index in [1.807, 2.05) is 12.2 Å². The number of rotatable bonds is 0. The highest BCUT2D eigenvalue weighted by Gasteiger charge is 1.98. The maximum absolute atomic E-state index is 4.97. The molecule has 8 heavy (non-hydrogen) atoms. The molecule has 1 rings (SSSR count). The lowest BCUT2D eigenvalue weighted by Gasteiger charge is -2.06. The van der Waals surface area contributed by atoms with Gasteiger partial charge in [0.2, 0.25) is 5.90 Å². The molecule has 0 radical (unpaired) electrons. The zero-order chi connectivity index (χ0) is 5.82. The van der Waals surface area contributed by atoms with Crippen LogP contribution in [0.15, 0.2) is 17.3 Å². The van der Waals surface area contributed by atoms with Crippen LogP contribution in [0.4, 0.5) is 0 Å². The number of hydrogen-bond donors (Lipinski definition) is 1. The highest BCUT2D eigenvalue weighted by atomic mass is 16.5. The van der Waals surface area contributed by atoms with Crippen molar-refractivity contribution in [1.82, 2.24) is 0 Å². The number of nitrogens with zero attached hydrogens (tertiary/aromatic N) is 1. The van der Waals surface area contributed by atoms with E-state index < -0.39 is 0 Å². The molecule has 0 bridgehead atoms. The topological polar surface area (TPSA) is 47.6 Å². The molecule has 0 saturated carbocycles. The molecule has 3 heteroatoms. The van der Waals surface area contributed by atoms with Crippen LogP contribution in [-0.2, 0) is 4.74 Å². The van der Waals surface area contributed by atoms with Crippen molar-refractivity contribution in [3.05, 3.63) is 12.2 Å². The van der Waals surface area contributed by atoms with Crippen molar-refractivity contribution in [2.45, 2.75) is 6.42 Å². The van der Waals surface area contributed by atoms with Crippen LogP contribution in [0.3, 0.4) is 0 Å². The van der Waals surface area contributed by atoms with Gasteiger partial charge >= 0.3 is 0 Å². The van der Waals surface area contributed by atoms with Gasteiger partial charge in [0.25, 0.3) is 0 Å². The van der Waals surface area contributed by atoms with Crippen molar-refractivity contribution in [2.24, 2.45) is 10.9 Å². The van der Waals surface area contributed by atoms with Crippen molar-refractivity contribution >= 4 is 5.90 Å². The highest BCUT2D eigenvalue weighted by molar-refractivity contribution is 5.78. The summed E-state index contributed by atoms with van der Waals surface area (Å²) in [4.78, 5) is 0. The van der Waals surface area contributed by atoms with E-state index >= 15 is 0 Å². The van der Waals surface area contributed by atoms with Crippen LogP contribution in [0.5, 0.6) is 0 Å². The first-order chi connectivity index (χ1) is 3.93. The van der Waals surface area contributed by atoms with Crippen molar-refractivity contribution in [1.29, 1.82) is 0 Å². The van der Waals surface area contributed by atoms with Crippen LogP contribution in [0.2, 0.25) is 0 Å². The molecule has 0 fully saturated rings. The maximum Gasteiger partial charge on any atom is 0.209 e. The smallest absolute Gasteiger partial charge is 0.209 e. The SMILES string of the molecule is NN=C1CC=CCO1. The quantitative estimate of drug-likeness (QED) is 0.277. The molecule has 0 aliphatic carbocycles. The Labute approximate surface area is 47.8 Å². The number of hydrogen-bond acceptors (Lipinski definition) is 3. The third-order valence-electron chi connectivity index (χ3n) is 0.949. The van der Waals surface area contributed by atoms with E-state index in [0.717, 1.165) is 6.42 Å². The first-order valence-corrected chi connectivity index (χ1v) is 2.48. The van der Waals surface area contributed by atoms with E-state index in [1.54, 1.807) is 0 Å². The largest absolute Gasteiger partial charge is 0.475 e. The molecule has 0 saturated heterocycles. The average Bonchev–Trinajstić information content (AvgIpc) is 1.90. The Hall–Kier alpha value is -0.990. The summed E-state index contributed by atoms with van der Waals surface area (Å²) in [7, 11) is 0. The summed E-state index contributed by atoms with van der Waals surface area (Å²) in [6.45, 7) is 0.607. The summed E-state index contributed by atoms with van der Waals surface area (Å²) >= 11 is 0. The Morgan fingerprint density at radius 1 is 1.62 bits per heavy atom. The minimum atomic E-state index is 0.607. The molecule has 0 amide bonds. The second-order valence-corrected chi connectivity index (χ2v) is 1.51. The van der Waals surface area contributed by atoms with Gasteiger partial charge in [0.05, 0.1) is 0 Å². The Kier molecular flexibility index (Phi) is 1.51. The molecule has 0 atom stereocenters. The van der Waals surface area contributed by atoms with E-state index in [0.29, 0.717) is 12.5 Å². The molecule has 44 valence electrons. The van der Waals surface area contributed by atoms with Gasteiger partial charge < -0.3 is 10.6 Å². The minimum absolute atomic E-state index is 0.607. The maximum atomic E-state index is 4.97. The molecule has 1 heterocycles. The predicted molar refractivity (Wildman–Crippen MR) is 31.3 cm³/mol. The van der Waals surface area contributed by atoms with Gasteiger partial charge in [-0.3, -0.25) is 0 Å². The molecule has 0 aromatic rings. The van der Waals surface area contributed by atoms with Crippen LogP contribution in [0.1, 0.15) is 6.42 Å². The lowest BCUT2D eigenvalue weighted by molar-refractivity contribution is 0.334. The Balaban J connectivity index is 2.50. The van der Waals surface area contributed by atoms with E-state index in [2.05, 4.69) is 5.10 Å². The van der Waals surface area contributed by atoms with Gasteiger partial charge in [-0.25, -0.2) is 0 Å². The van der Waals surface area contributed by atoms with Gasteiger partial charge in [-0.15, -0.1) is 5.10 Å². The fourth-order valence-corrected chi connectivity index (χ4v) is 0.545. The number of hydrazone groups is 1. The molecule has 0 unspecified atom stereocenters. The standard InChI is InChI=1S/C5H8N2O/c6-7-5-3-1-2-4-8-5/h1-2H,3-4,6H2. The normalized spacial score (nSPS) is 23.2. The lowest BCUT2D eigenvalue weighted by atomic mass is 10.3. The molecule has 3 nitrogen and oxygen atoms in total. The summed E-state index contributed by atoms with van der Waals surface area (Å²) < 4.78 is 4.97. The molecule has 1 aliphatic rings. The number of nitrogens with two attached hydrogens (primary N) is 1. The fourth-order valence-electron chi connectivity index (χ4n) is 0.545. The Morgan fingerprint density at radius 2 is 2.50 bits per heavy atom. The van der Waals surface area contributed by atoms with Gasteiger partial charge in [-0.1, -0.05) is 12.2 Å². The predicted octanol–water partition coefficient (Wildman–Crippen LogP) is 0.235. The summed E-state index contributed by atoms with van der Waals surface area (Å²) in [5, 5.41) is 3.39. The van der Waals surface area contributed by atoms with E-state index in [1.165, 1.54) is 0 Å². The van der Waals surface area contributed by atoms with E-state index in [-0.39, 0.29) is 0 Å². The molecule has 0 aromatic carbocycles. The summed E-state index contributed by atoms with van der Waals surface area (Å²) in [5.74, 6) is 5.55. The van der Waals surface area contributed by atoms with Gasteiger partial charge in [0.1, 0.15) is 6.61 Å². The minimum Gasteiger partial charge on any atom is -0.475 e. The zero-order valence-corrected chi connectivity index (χ0v) is 4.50. The first kappa shape index (κ1) is 5.15. The second-order valence-electron chi connectivity index (χ2n) is 1.51. The highest BCUT2D eigenvalue weighted by Crippen LogP contribution is 1.96. The number of ether oxygens (including phenoxy) is 1. The second kappa shape index (κ2) is 2.35. The summed E-state index contributed by atoms with van der Waals surface area (Å²) in [6, 6.07) is 0. The van der Waals surface area contributed by atoms with Gasteiger partial charge in [0, 0.05) is 6.42 Å². The van der Waals surface area contributed by atoms with Crippen molar-refractivity contribution in [3.8, 4) is 0 Å². The van der Waals surface area contributed by atoms with Crippen molar-refractivity contribution in [2.75, 3.05) is 6.61 Å². The Bertz CT molecular complexity index is 128. The molecular weight excluding hydrogens is 104 g/mol.